The van der Waals surface area contributed by atoms with Crippen LogP contribution in [0.4, 0.5) is 0 Å². The number of hydrogen-bond acceptors (Lipinski definition) is 5. The number of benzene rings is 2. The number of methoxy groups -OCH3 is 1. The highest BCUT2D eigenvalue weighted by molar-refractivity contribution is 5.87. The number of nitrogens with one attached hydrogen (secondary N) is 2. The maximum atomic E-state index is 13.7. The summed E-state index contributed by atoms with van der Waals surface area (Å²) in [6, 6.07) is 15.0. The maximum Gasteiger partial charge on any atom is 0.259 e. The summed E-state index contributed by atoms with van der Waals surface area (Å²) in [5.41, 5.74) is 1.22. The van der Waals surface area contributed by atoms with Gasteiger partial charge in [0.2, 0.25) is 5.91 Å². The predicted octanol–water partition coefficient (Wildman–Crippen LogP) is 4.46. The molecular formula is C29H39N3O4. The molecule has 1 unspecified atom stereocenters. The number of amides is 1. The summed E-state index contributed by atoms with van der Waals surface area (Å²) in [4.78, 5) is 26.3. The number of aromatic nitrogens is 1. The van der Waals surface area contributed by atoms with Crippen LogP contribution in [-0.2, 0) is 11.3 Å². The van der Waals surface area contributed by atoms with E-state index in [0.717, 1.165) is 24.0 Å². The number of pyridine rings is 1. The summed E-state index contributed by atoms with van der Waals surface area (Å²) in [6.45, 7) is 12.6. The van der Waals surface area contributed by atoms with E-state index in [-0.39, 0.29) is 24.1 Å². The van der Waals surface area contributed by atoms with Gasteiger partial charge in [0.15, 0.2) is 0 Å². The van der Waals surface area contributed by atoms with Crippen molar-refractivity contribution in [1.82, 2.24) is 15.2 Å². The summed E-state index contributed by atoms with van der Waals surface area (Å²) < 4.78 is 12.9. The number of fused-ring (bicyclic) bond motifs is 1. The molecule has 194 valence electrons. The zero-order valence-electron chi connectivity index (χ0n) is 22.3. The Balaban J connectivity index is 1.95. The van der Waals surface area contributed by atoms with E-state index in [1.807, 2.05) is 56.3 Å². The van der Waals surface area contributed by atoms with E-state index >= 15 is 0 Å². The van der Waals surface area contributed by atoms with Crippen LogP contribution in [0.3, 0.4) is 0 Å². The van der Waals surface area contributed by atoms with Gasteiger partial charge in [0, 0.05) is 24.1 Å². The Kier molecular flexibility index (Phi) is 9.53. The molecule has 0 saturated carbocycles. The molecular weight excluding hydrogens is 454 g/mol. The highest BCUT2D eigenvalue weighted by Crippen LogP contribution is 2.27. The molecule has 1 amide bonds. The zero-order valence-corrected chi connectivity index (χ0v) is 22.3. The Bertz CT molecular complexity index is 1230. The van der Waals surface area contributed by atoms with Crippen LogP contribution >= 0.6 is 0 Å². The van der Waals surface area contributed by atoms with E-state index in [4.69, 9.17) is 9.47 Å². The van der Waals surface area contributed by atoms with E-state index < -0.39 is 0 Å². The van der Waals surface area contributed by atoms with Gasteiger partial charge in [0.1, 0.15) is 18.0 Å². The highest BCUT2D eigenvalue weighted by Gasteiger charge is 2.16. The third-order valence-electron chi connectivity index (χ3n) is 5.78. The molecule has 0 spiro atoms. The number of ether oxygens (including phenoxy) is 2. The van der Waals surface area contributed by atoms with Crippen LogP contribution in [0.25, 0.3) is 22.0 Å². The molecule has 0 aliphatic heterocycles. The second-order valence-corrected chi connectivity index (χ2v) is 10.1. The van der Waals surface area contributed by atoms with Gasteiger partial charge in [-0.3, -0.25) is 14.2 Å². The molecule has 1 heterocycles. The minimum absolute atomic E-state index is 0.0223. The molecule has 7 heteroatoms. The van der Waals surface area contributed by atoms with Crippen LogP contribution < -0.4 is 25.7 Å². The second kappa shape index (κ2) is 12.6. The van der Waals surface area contributed by atoms with Gasteiger partial charge >= 0.3 is 0 Å². The van der Waals surface area contributed by atoms with E-state index in [1.54, 1.807) is 13.2 Å². The molecule has 3 rings (SSSR count). The molecule has 3 aromatic rings. The topological polar surface area (TPSA) is 81.6 Å². The smallest absolute Gasteiger partial charge is 0.259 e. The average Bonchev–Trinajstić information content (AvgIpc) is 2.83. The van der Waals surface area contributed by atoms with E-state index in [1.165, 1.54) is 4.57 Å². The lowest BCUT2D eigenvalue weighted by Gasteiger charge is -2.17. The number of carbonyl (C=O) groups excluding carboxylic acids is 1. The van der Waals surface area contributed by atoms with Gasteiger partial charge in [-0.15, -0.1) is 0 Å². The first-order chi connectivity index (χ1) is 17.2. The van der Waals surface area contributed by atoms with Crippen LogP contribution in [0.15, 0.2) is 53.3 Å². The fourth-order valence-corrected chi connectivity index (χ4v) is 4.02. The van der Waals surface area contributed by atoms with E-state index in [2.05, 4.69) is 31.4 Å². The van der Waals surface area contributed by atoms with Crippen molar-refractivity contribution in [2.75, 3.05) is 26.8 Å². The van der Waals surface area contributed by atoms with Crippen LogP contribution in [0, 0.1) is 11.8 Å². The largest absolute Gasteiger partial charge is 0.497 e. The van der Waals surface area contributed by atoms with Crippen molar-refractivity contribution in [3.63, 3.8) is 0 Å². The lowest BCUT2D eigenvalue weighted by atomic mass is 10.1. The van der Waals surface area contributed by atoms with Gasteiger partial charge < -0.3 is 20.1 Å². The molecule has 0 aliphatic carbocycles. The Morgan fingerprint density at radius 1 is 0.972 bits per heavy atom. The highest BCUT2D eigenvalue weighted by atomic mass is 16.5. The first kappa shape index (κ1) is 27.3. The molecule has 2 aromatic carbocycles. The fraction of sp³-hybridized carbons (Fsp3) is 0.448. The average molecular weight is 494 g/mol. The van der Waals surface area contributed by atoms with Gasteiger partial charge in [-0.2, -0.15) is 0 Å². The van der Waals surface area contributed by atoms with Crippen molar-refractivity contribution in [2.24, 2.45) is 11.8 Å². The van der Waals surface area contributed by atoms with Crippen molar-refractivity contribution in [1.29, 1.82) is 0 Å². The standard InChI is InChI=1S/C29H39N3O4/c1-19(2)15-30-16-21(5)18-36-25-11-10-22-13-27(23-8-7-9-24(12-23)35-6)32(29(34)26(22)14-25)17-28(33)31-20(3)4/h7-14,19-21,30H,15-18H2,1-6H3,(H,31,33). The number of nitrogens with zero attached hydrogens (tertiary/aromatic N) is 1. The zero-order chi connectivity index (χ0) is 26.2. The summed E-state index contributed by atoms with van der Waals surface area (Å²) in [5.74, 6) is 2.03. The summed E-state index contributed by atoms with van der Waals surface area (Å²) in [7, 11) is 1.60. The van der Waals surface area contributed by atoms with Crippen molar-refractivity contribution < 1.29 is 14.3 Å². The van der Waals surface area contributed by atoms with Crippen LogP contribution in [0.5, 0.6) is 11.5 Å². The third kappa shape index (κ3) is 7.34. The van der Waals surface area contributed by atoms with Crippen LogP contribution in [-0.4, -0.2) is 43.3 Å². The normalized spacial score (nSPS) is 12.2. The monoisotopic (exact) mass is 493 g/mol. The van der Waals surface area contributed by atoms with Gasteiger partial charge in [-0.25, -0.2) is 0 Å². The molecule has 0 bridgehead atoms. The Morgan fingerprint density at radius 2 is 1.75 bits per heavy atom. The molecule has 7 nitrogen and oxygen atoms in total. The molecule has 36 heavy (non-hydrogen) atoms. The summed E-state index contributed by atoms with van der Waals surface area (Å²) in [5, 5.41) is 7.63. The Labute approximate surface area is 213 Å². The number of carbonyl (C=O) groups is 1. The summed E-state index contributed by atoms with van der Waals surface area (Å²) in [6.07, 6.45) is 0. The van der Waals surface area contributed by atoms with Crippen molar-refractivity contribution in [3.05, 3.63) is 58.9 Å². The number of rotatable bonds is 12. The van der Waals surface area contributed by atoms with Gasteiger partial charge in [-0.1, -0.05) is 39.0 Å². The maximum absolute atomic E-state index is 13.7. The Hall–Kier alpha value is -3.32. The molecule has 2 N–H and O–H groups in total. The molecule has 0 fully saturated rings. The van der Waals surface area contributed by atoms with Gasteiger partial charge in [0.05, 0.1) is 24.8 Å². The third-order valence-corrected chi connectivity index (χ3v) is 5.78. The van der Waals surface area contributed by atoms with Gasteiger partial charge in [0.25, 0.3) is 5.56 Å². The molecule has 0 radical (unpaired) electrons. The lowest BCUT2D eigenvalue weighted by Crippen LogP contribution is -2.36. The van der Waals surface area contributed by atoms with E-state index in [9.17, 15) is 9.59 Å². The number of hydrogen-bond donors (Lipinski definition) is 2. The minimum atomic E-state index is -0.235. The fourth-order valence-electron chi connectivity index (χ4n) is 4.02. The quantitative estimate of drug-likeness (QED) is 0.389. The molecule has 0 aliphatic rings. The summed E-state index contributed by atoms with van der Waals surface area (Å²) >= 11 is 0. The molecule has 1 atom stereocenters. The Morgan fingerprint density at radius 3 is 2.44 bits per heavy atom. The van der Waals surface area contributed by atoms with Crippen molar-refractivity contribution >= 4 is 16.7 Å². The first-order valence-electron chi connectivity index (χ1n) is 12.6. The van der Waals surface area contributed by atoms with Crippen molar-refractivity contribution in [2.45, 2.75) is 47.2 Å². The minimum Gasteiger partial charge on any atom is -0.497 e. The molecule has 1 aromatic heterocycles. The first-order valence-corrected chi connectivity index (χ1v) is 12.6. The second-order valence-electron chi connectivity index (χ2n) is 10.1. The van der Waals surface area contributed by atoms with E-state index in [0.29, 0.717) is 41.0 Å². The van der Waals surface area contributed by atoms with Gasteiger partial charge in [-0.05, 0) is 62.0 Å². The van der Waals surface area contributed by atoms with Crippen LogP contribution in [0.2, 0.25) is 0 Å². The van der Waals surface area contributed by atoms with Crippen LogP contribution in [0.1, 0.15) is 34.6 Å². The predicted molar refractivity (Wildman–Crippen MR) is 146 cm³/mol. The lowest BCUT2D eigenvalue weighted by molar-refractivity contribution is -0.122. The van der Waals surface area contributed by atoms with Crippen molar-refractivity contribution in [3.8, 4) is 22.8 Å². The molecule has 0 saturated heterocycles. The SMILES string of the molecule is COc1cccc(-c2cc3ccc(OCC(C)CNCC(C)C)cc3c(=O)n2CC(=O)NC(C)C)c1.